The van der Waals surface area contributed by atoms with Gasteiger partial charge in [-0.25, -0.2) is 4.79 Å². The summed E-state index contributed by atoms with van der Waals surface area (Å²) in [4.78, 5) is 25.2. The number of esters is 1. The average molecular weight is 493 g/mol. The summed E-state index contributed by atoms with van der Waals surface area (Å²) in [7, 11) is 0. The summed E-state index contributed by atoms with van der Waals surface area (Å²) >= 11 is 0. The molecule has 0 aliphatic heterocycles. The molecule has 0 radical (unpaired) electrons. The van der Waals surface area contributed by atoms with Crippen LogP contribution in [-0.2, 0) is 20.8 Å². The molecule has 36 heavy (non-hydrogen) atoms. The zero-order valence-electron chi connectivity index (χ0n) is 21.0. The van der Waals surface area contributed by atoms with Crippen molar-refractivity contribution in [3.63, 3.8) is 0 Å². The molecule has 0 saturated carbocycles. The minimum atomic E-state index is -1.12. The molecule has 0 saturated heterocycles. The number of ether oxygens (including phenoxy) is 2. The predicted molar refractivity (Wildman–Crippen MR) is 140 cm³/mol. The van der Waals surface area contributed by atoms with Gasteiger partial charge in [-0.05, 0) is 41.7 Å². The van der Waals surface area contributed by atoms with Gasteiger partial charge in [-0.2, -0.15) is 0 Å². The molecule has 3 unspecified atom stereocenters. The molecule has 0 bridgehead atoms. The van der Waals surface area contributed by atoms with Crippen molar-refractivity contribution in [2.75, 3.05) is 13.2 Å². The number of carbonyl (C=O) groups excluding carboxylic acids is 2. The van der Waals surface area contributed by atoms with Gasteiger partial charge in [0.1, 0.15) is 6.04 Å². The number of nitrogens with one attached hydrogen (secondary N) is 2. The molecule has 0 aliphatic rings. The van der Waals surface area contributed by atoms with Crippen molar-refractivity contribution < 1.29 is 24.2 Å². The molecule has 0 aliphatic carbocycles. The average Bonchev–Trinajstić information content (AvgIpc) is 2.89. The lowest BCUT2D eigenvalue weighted by molar-refractivity contribution is -0.149. The molecule has 0 heterocycles. The Morgan fingerprint density at radius 2 is 1.64 bits per heavy atom. The van der Waals surface area contributed by atoms with Gasteiger partial charge in [0.2, 0.25) is 0 Å². The van der Waals surface area contributed by atoms with Crippen LogP contribution in [0.15, 0.2) is 72.8 Å². The summed E-state index contributed by atoms with van der Waals surface area (Å²) in [6.07, 6.45) is 0.104. The number of carbonyl (C=O) groups is 2. The van der Waals surface area contributed by atoms with Crippen LogP contribution in [0.3, 0.4) is 0 Å². The molecule has 192 valence electrons. The number of alkyl carbamates (subject to hydrolysis) is 1. The van der Waals surface area contributed by atoms with E-state index in [4.69, 9.17) is 9.47 Å². The van der Waals surface area contributed by atoms with E-state index in [1.54, 1.807) is 6.92 Å². The molecular formula is C29H36N2O5. The summed E-state index contributed by atoms with van der Waals surface area (Å²) in [6, 6.07) is 21.8. The second kappa shape index (κ2) is 14.2. The highest BCUT2D eigenvalue weighted by molar-refractivity contribution is 5.85. The van der Waals surface area contributed by atoms with E-state index in [0.717, 1.165) is 34.7 Å². The lowest BCUT2D eigenvalue weighted by Gasteiger charge is -2.27. The van der Waals surface area contributed by atoms with E-state index in [9.17, 15) is 14.7 Å². The number of hydrogen-bond acceptors (Lipinski definition) is 6. The topological polar surface area (TPSA) is 96.9 Å². The van der Waals surface area contributed by atoms with E-state index in [2.05, 4.69) is 10.6 Å². The largest absolute Gasteiger partial charge is 0.465 e. The van der Waals surface area contributed by atoms with Crippen molar-refractivity contribution in [2.24, 2.45) is 0 Å². The number of hydrogen-bond donors (Lipinski definition) is 3. The van der Waals surface area contributed by atoms with Crippen LogP contribution < -0.4 is 10.6 Å². The Labute approximate surface area is 212 Å². The van der Waals surface area contributed by atoms with Gasteiger partial charge >= 0.3 is 12.1 Å². The third-order valence-electron chi connectivity index (χ3n) is 6.02. The molecule has 0 aromatic heterocycles. The first-order valence-electron chi connectivity index (χ1n) is 12.6. The summed E-state index contributed by atoms with van der Waals surface area (Å²) in [6.45, 7) is 4.63. The van der Waals surface area contributed by atoms with E-state index in [1.807, 2.05) is 79.7 Å². The fraction of sp³-hybridized carbons (Fsp3) is 0.379. The molecule has 3 rings (SSSR count). The quantitative estimate of drug-likeness (QED) is 0.232. The maximum Gasteiger partial charge on any atom is 0.407 e. The van der Waals surface area contributed by atoms with Gasteiger partial charge in [0, 0.05) is 6.54 Å². The number of amides is 1. The highest BCUT2D eigenvalue weighted by Crippen LogP contribution is 2.22. The van der Waals surface area contributed by atoms with Crippen LogP contribution in [0.4, 0.5) is 4.79 Å². The molecule has 7 nitrogen and oxygen atoms in total. The summed E-state index contributed by atoms with van der Waals surface area (Å²) < 4.78 is 10.5. The first-order chi connectivity index (χ1) is 17.5. The zero-order chi connectivity index (χ0) is 25.8. The SMILES string of the molecule is CCCCOC(=O)NC(CC(O)C(NCc1cccc2ccccc12)C(=O)OCC)c1ccccc1. The van der Waals surface area contributed by atoms with Gasteiger partial charge in [0.25, 0.3) is 0 Å². The number of fused-ring (bicyclic) bond motifs is 1. The molecule has 0 spiro atoms. The number of rotatable bonds is 13. The fourth-order valence-electron chi connectivity index (χ4n) is 4.11. The van der Waals surface area contributed by atoms with E-state index >= 15 is 0 Å². The number of aliphatic hydroxyl groups is 1. The van der Waals surface area contributed by atoms with Crippen LogP contribution in [0.2, 0.25) is 0 Å². The highest BCUT2D eigenvalue weighted by Gasteiger charge is 2.31. The van der Waals surface area contributed by atoms with Crippen molar-refractivity contribution in [2.45, 2.75) is 57.8 Å². The van der Waals surface area contributed by atoms with Crippen molar-refractivity contribution in [1.29, 1.82) is 0 Å². The monoisotopic (exact) mass is 492 g/mol. The number of benzene rings is 3. The summed E-state index contributed by atoms with van der Waals surface area (Å²) in [5.74, 6) is -0.539. The Bertz CT molecular complexity index is 1100. The smallest absolute Gasteiger partial charge is 0.407 e. The molecule has 3 N–H and O–H groups in total. The third-order valence-corrected chi connectivity index (χ3v) is 6.02. The first kappa shape index (κ1) is 27.2. The van der Waals surface area contributed by atoms with Gasteiger partial charge in [-0.3, -0.25) is 10.1 Å². The molecule has 7 heteroatoms. The van der Waals surface area contributed by atoms with Crippen LogP contribution in [0.5, 0.6) is 0 Å². The van der Waals surface area contributed by atoms with Crippen molar-refractivity contribution in [3.05, 3.63) is 83.9 Å². The summed E-state index contributed by atoms with van der Waals surface area (Å²) in [5.41, 5.74) is 1.81. The molecule has 0 fully saturated rings. The van der Waals surface area contributed by atoms with E-state index in [0.29, 0.717) is 13.2 Å². The fourth-order valence-corrected chi connectivity index (χ4v) is 4.11. The molecule has 3 aromatic rings. The Hall–Kier alpha value is -3.42. The van der Waals surface area contributed by atoms with Crippen LogP contribution in [0.25, 0.3) is 10.8 Å². The highest BCUT2D eigenvalue weighted by atomic mass is 16.5. The van der Waals surface area contributed by atoms with Crippen molar-refractivity contribution in [1.82, 2.24) is 10.6 Å². The van der Waals surface area contributed by atoms with Crippen molar-refractivity contribution >= 4 is 22.8 Å². The maximum atomic E-state index is 12.8. The van der Waals surface area contributed by atoms with Gasteiger partial charge < -0.3 is 19.9 Å². The maximum absolute atomic E-state index is 12.8. The zero-order valence-corrected chi connectivity index (χ0v) is 21.0. The van der Waals surface area contributed by atoms with Crippen LogP contribution in [0, 0.1) is 0 Å². The minimum absolute atomic E-state index is 0.0961. The van der Waals surface area contributed by atoms with Gasteiger partial charge in [0.05, 0.1) is 25.4 Å². The molecule has 3 atom stereocenters. The molecule has 3 aromatic carbocycles. The second-order valence-electron chi connectivity index (χ2n) is 8.65. The Kier molecular flexibility index (Phi) is 10.7. The minimum Gasteiger partial charge on any atom is -0.465 e. The molecule has 1 amide bonds. The normalized spacial score (nSPS) is 13.5. The third kappa shape index (κ3) is 7.80. The van der Waals surface area contributed by atoms with E-state index in [1.165, 1.54) is 0 Å². The van der Waals surface area contributed by atoms with E-state index < -0.39 is 30.3 Å². The number of unbranched alkanes of at least 4 members (excludes halogenated alkanes) is 1. The van der Waals surface area contributed by atoms with Crippen LogP contribution >= 0.6 is 0 Å². The predicted octanol–water partition coefficient (Wildman–Crippen LogP) is 4.88. The molecular weight excluding hydrogens is 456 g/mol. The standard InChI is InChI=1S/C29H36N2O5/c1-3-5-18-36-29(34)31-25(22-13-7-6-8-14-22)19-26(32)27(28(33)35-4-2)30-20-23-16-11-15-21-12-9-10-17-24(21)23/h6-17,25-27,30,32H,3-5,18-20H2,1-2H3,(H,31,34). The van der Waals surface area contributed by atoms with Crippen molar-refractivity contribution in [3.8, 4) is 0 Å². The van der Waals surface area contributed by atoms with Gasteiger partial charge in [0.15, 0.2) is 0 Å². The summed E-state index contributed by atoms with van der Waals surface area (Å²) in [5, 5.41) is 19.4. The Morgan fingerprint density at radius 1 is 0.917 bits per heavy atom. The van der Waals surface area contributed by atoms with Crippen LogP contribution in [-0.4, -0.2) is 42.5 Å². The van der Waals surface area contributed by atoms with Gasteiger partial charge in [-0.1, -0.05) is 86.1 Å². The van der Waals surface area contributed by atoms with Crippen LogP contribution in [0.1, 0.15) is 50.3 Å². The van der Waals surface area contributed by atoms with E-state index in [-0.39, 0.29) is 13.0 Å². The Balaban J connectivity index is 1.76. The van der Waals surface area contributed by atoms with Gasteiger partial charge in [-0.15, -0.1) is 0 Å². The Morgan fingerprint density at radius 3 is 2.39 bits per heavy atom. The lowest BCUT2D eigenvalue weighted by atomic mass is 9.96. The first-order valence-corrected chi connectivity index (χ1v) is 12.6. The number of aliphatic hydroxyl groups excluding tert-OH is 1. The lowest BCUT2D eigenvalue weighted by Crippen LogP contribution is -2.48. The second-order valence-corrected chi connectivity index (χ2v) is 8.65.